The number of pyridine rings is 1. The minimum Gasteiger partial charge on any atom is -0.466 e. The van der Waals surface area contributed by atoms with Gasteiger partial charge in [-0.15, -0.1) is 23.1 Å². The van der Waals surface area contributed by atoms with Crippen LogP contribution in [0.3, 0.4) is 0 Å². The van der Waals surface area contributed by atoms with Crippen LogP contribution in [0.15, 0.2) is 87.8 Å². The van der Waals surface area contributed by atoms with Gasteiger partial charge in [-0.3, -0.25) is 9.59 Å². The van der Waals surface area contributed by atoms with Gasteiger partial charge < -0.3 is 4.74 Å². The van der Waals surface area contributed by atoms with Crippen LogP contribution in [0, 0.1) is 6.92 Å². The third-order valence-electron chi connectivity index (χ3n) is 5.35. The summed E-state index contributed by atoms with van der Waals surface area (Å²) in [5.41, 5.74) is 4.48. The third-order valence-corrected chi connectivity index (χ3v) is 8.43. The first-order chi connectivity index (χ1) is 17.0. The van der Waals surface area contributed by atoms with E-state index in [0.29, 0.717) is 22.6 Å². The van der Waals surface area contributed by atoms with E-state index in [1.807, 2.05) is 78.5 Å². The van der Waals surface area contributed by atoms with Crippen LogP contribution in [0.2, 0.25) is 0 Å². The highest BCUT2D eigenvalue weighted by molar-refractivity contribution is 9.10. The fraction of sp³-hybridized carbons (Fsp3) is 0.179. The zero-order valence-electron chi connectivity index (χ0n) is 19.5. The number of nitrogens with zero attached hydrogens (tertiary/aromatic N) is 1. The van der Waals surface area contributed by atoms with Gasteiger partial charge in [0.15, 0.2) is 12.4 Å². The van der Waals surface area contributed by atoms with E-state index in [-0.39, 0.29) is 18.2 Å². The van der Waals surface area contributed by atoms with Crippen LogP contribution in [0.1, 0.15) is 38.8 Å². The highest BCUT2D eigenvalue weighted by Gasteiger charge is 2.31. The maximum atomic E-state index is 13.6. The number of hydrogen-bond donors (Lipinski definition) is 0. The summed E-state index contributed by atoms with van der Waals surface area (Å²) in [6.45, 7) is 4.12. The Bertz CT molecular complexity index is 1320. The molecule has 0 unspecified atom stereocenters. The van der Waals surface area contributed by atoms with Gasteiger partial charge in [0.2, 0.25) is 11.5 Å². The molecule has 0 amide bonds. The van der Waals surface area contributed by atoms with Gasteiger partial charge in [-0.2, -0.15) is 4.57 Å². The van der Waals surface area contributed by atoms with Crippen molar-refractivity contribution in [1.82, 2.24) is 0 Å². The molecule has 2 aromatic carbocycles. The minimum atomic E-state index is -0.342. The average Bonchev–Trinajstić information content (AvgIpc) is 3.22. The molecule has 0 N–H and O–H groups in total. The lowest BCUT2D eigenvalue weighted by atomic mass is 10.0. The number of thioether (sulfide) groups is 1. The maximum absolute atomic E-state index is 13.6. The van der Waals surface area contributed by atoms with E-state index in [9.17, 15) is 9.59 Å². The summed E-state index contributed by atoms with van der Waals surface area (Å²) in [5, 5.41) is 0. The molecule has 0 aliphatic rings. The number of hydrogen-bond acceptors (Lipinski definition) is 5. The number of halogens is 1. The number of ketones is 1. The van der Waals surface area contributed by atoms with Gasteiger partial charge in [0.1, 0.15) is 4.21 Å². The van der Waals surface area contributed by atoms with Gasteiger partial charge in [0.05, 0.1) is 23.5 Å². The summed E-state index contributed by atoms with van der Waals surface area (Å²) in [6, 6.07) is 21.5. The Morgan fingerprint density at radius 3 is 2.34 bits per heavy atom. The van der Waals surface area contributed by atoms with E-state index in [1.54, 1.807) is 18.7 Å². The van der Waals surface area contributed by atoms with Crippen molar-refractivity contribution in [1.29, 1.82) is 0 Å². The monoisotopic (exact) mass is 566 g/mol. The molecule has 0 radical (unpaired) electrons. The van der Waals surface area contributed by atoms with Crippen molar-refractivity contribution < 1.29 is 18.9 Å². The van der Waals surface area contributed by atoms with Gasteiger partial charge in [-0.05, 0) is 37.1 Å². The van der Waals surface area contributed by atoms with E-state index in [1.165, 1.54) is 16.9 Å². The topological polar surface area (TPSA) is 47.3 Å². The summed E-state index contributed by atoms with van der Waals surface area (Å²) < 4.78 is 9.30. The Morgan fingerprint density at radius 1 is 1.00 bits per heavy atom. The number of thiophene rings is 1. The highest BCUT2D eigenvalue weighted by Crippen LogP contribution is 2.40. The van der Waals surface area contributed by atoms with E-state index in [4.69, 9.17) is 4.74 Å². The molecule has 0 saturated carbocycles. The molecular formula is C28H25BrNO3S2+. The summed E-state index contributed by atoms with van der Waals surface area (Å²) in [5.74, 6) is 0.315. The SMILES string of the molecule is CCOC(=O)Cc1c(C(=O)c2ccccc2)sc(SCc2ccc(Br)cc2)c1-[n+]1ccc(C)cc1. The molecule has 7 heteroatoms. The fourth-order valence-electron chi connectivity index (χ4n) is 3.60. The molecule has 4 aromatic rings. The van der Waals surface area contributed by atoms with Gasteiger partial charge in [0, 0.05) is 27.9 Å². The number of ether oxygens (including phenoxy) is 1. The molecule has 0 spiro atoms. The molecule has 0 saturated heterocycles. The van der Waals surface area contributed by atoms with E-state index in [0.717, 1.165) is 25.7 Å². The molecule has 4 rings (SSSR count). The Morgan fingerprint density at radius 2 is 1.69 bits per heavy atom. The molecule has 0 aliphatic carbocycles. The summed E-state index contributed by atoms with van der Waals surface area (Å²) >= 11 is 6.60. The van der Waals surface area contributed by atoms with Crippen molar-refractivity contribution in [3.63, 3.8) is 0 Å². The predicted octanol–water partition coefficient (Wildman–Crippen LogP) is 6.72. The van der Waals surface area contributed by atoms with Crippen molar-refractivity contribution in [3.05, 3.63) is 111 Å². The second-order valence-corrected chi connectivity index (χ2v) is 11.1. The largest absolute Gasteiger partial charge is 0.466 e. The number of esters is 1. The normalized spacial score (nSPS) is 10.8. The number of aryl methyl sites for hydroxylation is 1. The first-order valence-corrected chi connectivity index (χ1v) is 13.8. The summed E-state index contributed by atoms with van der Waals surface area (Å²) in [7, 11) is 0. The molecule has 2 heterocycles. The fourth-order valence-corrected chi connectivity index (χ4v) is 6.39. The van der Waals surface area contributed by atoms with Crippen molar-refractivity contribution in [2.75, 3.05) is 6.61 Å². The number of carbonyl (C=O) groups is 2. The van der Waals surface area contributed by atoms with Crippen LogP contribution in [-0.4, -0.2) is 18.4 Å². The zero-order valence-corrected chi connectivity index (χ0v) is 22.7. The highest BCUT2D eigenvalue weighted by atomic mass is 79.9. The zero-order chi connectivity index (χ0) is 24.8. The van der Waals surface area contributed by atoms with Crippen LogP contribution >= 0.6 is 39.0 Å². The quantitative estimate of drug-likeness (QED) is 0.0975. The lowest BCUT2D eigenvalue weighted by Gasteiger charge is -2.06. The van der Waals surface area contributed by atoms with Crippen molar-refractivity contribution in [3.8, 4) is 5.69 Å². The van der Waals surface area contributed by atoms with E-state index >= 15 is 0 Å². The first kappa shape index (κ1) is 25.4. The average molecular weight is 568 g/mol. The van der Waals surface area contributed by atoms with Crippen molar-refractivity contribution in [2.24, 2.45) is 0 Å². The van der Waals surface area contributed by atoms with Crippen molar-refractivity contribution >= 4 is 50.8 Å². The molecule has 0 atom stereocenters. The Kier molecular flexibility index (Phi) is 8.55. The summed E-state index contributed by atoms with van der Waals surface area (Å²) in [4.78, 5) is 26.8. The van der Waals surface area contributed by atoms with Gasteiger partial charge in [-0.25, -0.2) is 0 Å². The molecular weight excluding hydrogens is 542 g/mol. The number of carbonyl (C=O) groups excluding carboxylic acids is 2. The van der Waals surface area contributed by atoms with Crippen LogP contribution in [0.4, 0.5) is 0 Å². The molecule has 2 aromatic heterocycles. The molecule has 0 fully saturated rings. The molecule has 0 bridgehead atoms. The van der Waals surface area contributed by atoms with Crippen LogP contribution in [0.5, 0.6) is 0 Å². The number of aromatic nitrogens is 1. The number of rotatable bonds is 9. The maximum Gasteiger partial charge on any atom is 0.310 e. The molecule has 178 valence electrons. The van der Waals surface area contributed by atoms with Gasteiger partial charge in [0.25, 0.3) is 0 Å². The predicted molar refractivity (Wildman–Crippen MR) is 145 cm³/mol. The lowest BCUT2D eigenvalue weighted by Crippen LogP contribution is -2.31. The molecule has 4 nitrogen and oxygen atoms in total. The standard InChI is InChI=1S/C28H25BrNO3S2/c1-3-33-24(31)17-23-25(30-15-13-19(2)14-16-30)28(34-18-20-9-11-22(29)12-10-20)35-27(23)26(32)21-7-5-4-6-8-21/h4-16H,3,17-18H2,1-2H3/q+1. The first-order valence-electron chi connectivity index (χ1n) is 11.2. The molecule has 35 heavy (non-hydrogen) atoms. The lowest BCUT2D eigenvalue weighted by molar-refractivity contribution is -0.598. The third kappa shape index (κ3) is 6.28. The Hall–Kier alpha value is -2.74. The van der Waals surface area contributed by atoms with Crippen LogP contribution in [-0.2, 0) is 21.7 Å². The minimum absolute atomic E-state index is 0.0350. The Labute approximate surface area is 222 Å². The van der Waals surface area contributed by atoms with Gasteiger partial charge >= 0.3 is 5.97 Å². The Balaban J connectivity index is 1.83. The molecule has 0 aliphatic heterocycles. The smallest absolute Gasteiger partial charge is 0.310 e. The second kappa shape index (κ2) is 11.8. The number of benzene rings is 2. The van der Waals surface area contributed by atoms with Gasteiger partial charge in [-0.1, -0.05) is 58.4 Å². The van der Waals surface area contributed by atoms with Crippen LogP contribution in [0.25, 0.3) is 5.69 Å². The summed E-state index contributed by atoms with van der Waals surface area (Å²) in [6.07, 6.45) is 3.99. The van der Waals surface area contributed by atoms with Crippen molar-refractivity contribution in [2.45, 2.75) is 30.2 Å². The van der Waals surface area contributed by atoms with E-state index in [2.05, 4.69) is 28.1 Å². The second-order valence-electron chi connectivity index (χ2n) is 7.92. The van der Waals surface area contributed by atoms with E-state index < -0.39 is 0 Å². The van der Waals surface area contributed by atoms with Crippen LogP contribution < -0.4 is 4.57 Å².